The van der Waals surface area contributed by atoms with Crippen LogP contribution < -0.4 is 0 Å². The van der Waals surface area contributed by atoms with Crippen molar-refractivity contribution >= 4 is 16.9 Å². The van der Waals surface area contributed by atoms with Gasteiger partial charge in [-0.15, -0.1) is 5.10 Å². The third kappa shape index (κ3) is 2.87. The average Bonchev–Trinajstić information content (AvgIpc) is 3.26. The number of aryl methyl sites for hydroxylation is 1. The molecular weight excluding hydrogens is 344 g/mol. The second-order valence-corrected chi connectivity index (χ2v) is 6.39. The molecule has 0 unspecified atom stereocenters. The van der Waals surface area contributed by atoms with Crippen LogP contribution in [0.4, 0.5) is 0 Å². The summed E-state index contributed by atoms with van der Waals surface area (Å²) in [6, 6.07) is 13.6. The van der Waals surface area contributed by atoms with Gasteiger partial charge in [0.1, 0.15) is 5.52 Å². The lowest BCUT2D eigenvalue weighted by Gasteiger charge is -2.09. The first-order valence-corrected chi connectivity index (χ1v) is 8.73. The van der Waals surface area contributed by atoms with Crippen LogP contribution in [0.1, 0.15) is 35.1 Å². The zero-order valence-corrected chi connectivity index (χ0v) is 15.0. The third-order valence-electron chi connectivity index (χ3n) is 4.51. The summed E-state index contributed by atoms with van der Waals surface area (Å²) in [5.74, 6) is -0.402. The molecule has 0 aliphatic rings. The Hall–Kier alpha value is -3.48. The van der Waals surface area contributed by atoms with Crippen LogP contribution >= 0.6 is 0 Å². The molecule has 7 nitrogen and oxygen atoms in total. The Kier molecular flexibility index (Phi) is 4.19. The van der Waals surface area contributed by atoms with E-state index in [1.807, 2.05) is 56.3 Å². The van der Waals surface area contributed by atoms with E-state index in [2.05, 4.69) is 15.5 Å². The lowest BCUT2D eigenvalue weighted by atomic mass is 10.1. The minimum atomic E-state index is -1.07. The molecule has 4 aromatic rings. The molecule has 0 spiro atoms. The second-order valence-electron chi connectivity index (χ2n) is 6.39. The maximum atomic E-state index is 11.5. The number of rotatable bonds is 5. The van der Waals surface area contributed by atoms with E-state index >= 15 is 0 Å². The largest absolute Gasteiger partial charge is 0.476 e. The van der Waals surface area contributed by atoms with Crippen LogP contribution in [0.5, 0.6) is 0 Å². The minimum absolute atomic E-state index is 0.00931. The van der Waals surface area contributed by atoms with Crippen molar-refractivity contribution in [2.24, 2.45) is 0 Å². The molecule has 0 fully saturated rings. The Morgan fingerprint density at radius 1 is 1.22 bits per heavy atom. The Balaban J connectivity index is 1.93. The Morgan fingerprint density at radius 3 is 2.70 bits per heavy atom. The van der Waals surface area contributed by atoms with Crippen molar-refractivity contribution in [1.29, 1.82) is 0 Å². The number of hydrogen-bond donors (Lipinski definition) is 1. The molecule has 0 saturated carbocycles. The molecule has 2 heterocycles. The van der Waals surface area contributed by atoms with Gasteiger partial charge in [-0.2, -0.15) is 0 Å². The quantitative estimate of drug-likeness (QED) is 0.576. The molecule has 136 valence electrons. The van der Waals surface area contributed by atoms with E-state index < -0.39 is 5.97 Å². The summed E-state index contributed by atoms with van der Waals surface area (Å²) in [6.45, 7) is 3.93. The minimum Gasteiger partial charge on any atom is -0.476 e. The summed E-state index contributed by atoms with van der Waals surface area (Å²) in [7, 11) is 0. The highest BCUT2D eigenvalue weighted by Gasteiger charge is 2.21. The maximum absolute atomic E-state index is 11.5. The number of carbonyl (C=O) groups is 1. The number of carboxylic acid groups (broad SMARTS) is 1. The molecule has 4 rings (SSSR count). The maximum Gasteiger partial charge on any atom is 0.358 e. The van der Waals surface area contributed by atoms with Gasteiger partial charge in [0.25, 0.3) is 0 Å². The van der Waals surface area contributed by atoms with Crippen LogP contribution in [0.15, 0.2) is 47.0 Å². The summed E-state index contributed by atoms with van der Waals surface area (Å²) in [5.41, 5.74) is 3.93. The van der Waals surface area contributed by atoms with Crippen molar-refractivity contribution in [2.75, 3.05) is 0 Å². The molecule has 2 aromatic heterocycles. The summed E-state index contributed by atoms with van der Waals surface area (Å²) < 4.78 is 7.19. The van der Waals surface area contributed by atoms with Crippen LogP contribution in [0.3, 0.4) is 0 Å². The molecular formula is C20H18N4O3. The lowest BCUT2D eigenvalue weighted by Crippen LogP contribution is -2.08. The lowest BCUT2D eigenvalue weighted by molar-refractivity contribution is 0.0689. The Labute approximate surface area is 155 Å². The molecule has 0 aliphatic heterocycles. The van der Waals surface area contributed by atoms with Gasteiger partial charge in [0.05, 0.1) is 16.8 Å². The van der Waals surface area contributed by atoms with Gasteiger partial charge in [-0.25, -0.2) is 9.48 Å². The standard InChI is InChI=1S/C20H18N4O3/c1-3-7-16-18(20(25)26)21-23-24(16)17-11-14-15(10-12(17)2)22-27-19(14)13-8-5-4-6-9-13/h4-6,8-11H,3,7H2,1-2H3,(H,25,26). The molecule has 2 aromatic carbocycles. The van der Waals surface area contributed by atoms with E-state index in [1.165, 1.54) is 0 Å². The number of benzene rings is 2. The van der Waals surface area contributed by atoms with Gasteiger partial charge in [0.2, 0.25) is 0 Å². The third-order valence-corrected chi connectivity index (χ3v) is 4.51. The van der Waals surface area contributed by atoms with E-state index in [-0.39, 0.29) is 5.69 Å². The number of aromatic nitrogens is 4. The van der Waals surface area contributed by atoms with Crippen molar-refractivity contribution < 1.29 is 14.4 Å². The molecule has 27 heavy (non-hydrogen) atoms. The van der Waals surface area contributed by atoms with Crippen LogP contribution in [0.25, 0.3) is 27.9 Å². The van der Waals surface area contributed by atoms with Crippen LogP contribution in [-0.2, 0) is 6.42 Å². The predicted molar refractivity (Wildman–Crippen MR) is 100 cm³/mol. The molecule has 0 aliphatic carbocycles. The average molecular weight is 362 g/mol. The van der Waals surface area contributed by atoms with Gasteiger partial charge in [-0.1, -0.05) is 54.0 Å². The van der Waals surface area contributed by atoms with E-state index in [0.29, 0.717) is 17.9 Å². The highest BCUT2D eigenvalue weighted by Crippen LogP contribution is 2.32. The van der Waals surface area contributed by atoms with E-state index in [0.717, 1.165) is 34.1 Å². The van der Waals surface area contributed by atoms with Crippen LogP contribution in [-0.4, -0.2) is 31.2 Å². The fraction of sp³-hybridized carbons (Fsp3) is 0.200. The number of nitrogens with zero attached hydrogens (tertiary/aromatic N) is 4. The van der Waals surface area contributed by atoms with Crippen LogP contribution in [0.2, 0.25) is 0 Å². The van der Waals surface area contributed by atoms with Gasteiger partial charge in [0.15, 0.2) is 11.5 Å². The monoisotopic (exact) mass is 362 g/mol. The van der Waals surface area contributed by atoms with Crippen molar-refractivity contribution in [1.82, 2.24) is 20.2 Å². The molecule has 0 amide bonds. The van der Waals surface area contributed by atoms with Gasteiger partial charge in [-0.05, 0) is 31.0 Å². The van der Waals surface area contributed by atoms with E-state index in [1.54, 1.807) is 4.68 Å². The second kappa shape index (κ2) is 6.68. The number of fused-ring (bicyclic) bond motifs is 1. The highest BCUT2D eigenvalue weighted by atomic mass is 16.5. The van der Waals surface area contributed by atoms with Crippen molar-refractivity contribution in [3.8, 4) is 17.0 Å². The van der Waals surface area contributed by atoms with Crippen molar-refractivity contribution in [3.63, 3.8) is 0 Å². The zero-order valence-electron chi connectivity index (χ0n) is 15.0. The Morgan fingerprint density at radius 2 is 2.00 bits per heavy atom. The number of aromatic carboxylic acids is 1. The van der Waals surface area contributed by atoms with Gasteiger partial charge >= 0.3 is 5.97 Å². The summed E-state index contributed by atoms with van der Waals surface area (Å²) in [5, 5.41) is 22.4. The summed E-state index contributed by atoms with van der Waals surface area (Å²) in [6.07, 6.45) is 1.36. The normalized spacial score (nSPS) is 11.2. The predicted octanol–water partition coefficient (Wildman–Crippen LogP) is 4.03. The highest BCUT2D eigenvalue weighted by molar-refractivity contribution is 5.93. The molecule has 0 saturated heterocycles. The fourth-order valence-corrected chi connectivity index (χ4v) is 3.23. The molecule has 1 N–H and O–H groups in total. The number of carboxylic acids is 1. The molecule has 0 atom stereocenters. The first kappa shape index (κ1) is 17.0. The zero-order chi connectivity index (χ0) is 19.0. The Bertz CT molecular complexity index is 1130. The summed E-state index contributed by atoms with van der Waals surface area (Å²) in [4.78, 5) is 11.5. The van der Waals surface area contributed by atoms with Gasteiger partial charge in [-0.3, -0.25) is 0 Å². The molecule has 7 heteroatoms. The van der Waals surface area contributed by atoms with E-state index in [9.17, 15) is 9.90 Å². The first-order chi connectivity index (χ1) is 13.1. The smallest absolute Gasteiger partial charge is 0.358 e. The molecule has 0 radical (unpaired) electrons. The van der Waals surface area contributed by atoms with Crippen LogP contribution in [0, 0.1) is 6.92 Å². The summed E-state index contributed by atoms with van der Waals surface area (Å²) >= 11 is 0. The first-order valence-electron chi connectivity index (χ1n) is 8.73. The SMILES string of the molecule is CCCc1c(C(=O)O)nnn1-c1cc2c(-c3ccccc3)onc2cc1C. The van der Waals surface area contributed by atoms with Crippen molar-refractivity contribution in [3.05, 3.63) is 59.4 Å². The van der Waals surface area contributed by atoms with Gasteiger partial charge < -0.3 is 9.63 Å². The fourth-order valence-electron chi connectivity index (χ4n) is 3.23. The molecule has 0 bridgehead atoms. The number of hydrogen-bond acceptors (Lipinski definition) is 5. The topological polar surface area (TPSA) is 94.0 Å². The van der Waals surface area contributed by atoms with E-state index in [4.69, 9.17) is 4.52 Å². The van der Waals surface area contributed by atoms with Gasteiger partial charge in [0, 0.05) is 5.56 Å². The van der Waals surface area contributed by atoms with Crippen molar-refractivity contribution in [2.45, 2.75) is 26.7 Å².